The zero-order chi connectivity index (χ0) is 41.1. The average molecular weight is 876 g/mol. The molecule has 0 saturated carbocycles. The van der Waals surface area contributed by atoms with Gasteiger partial charge in [-0.2, -0.15) is 0 Å². The average Bonchev–Trinajstić information content (AvgIpc) is 3.98. The van der Waals surface area contributed by atoms with E-state index >= 15 is 0 Å². The first-order valence-corrected chi connectivity index (χ1v) is 21.6. The van der Waals surface area contributed by atoms with Gasteiger partial charge in [-0.3, -0.25) is 39.2 Å². The molecule has 0 aliphatic carbocycles. The Morgan fingerprint density at radius 1 is 0.800 bits per heavy atom. The van der Waals surface area contributed by atoms with Crippen LogP contribution in [-0.4, -0.2) is 116 Å². The lowest BCUT2D eigenvalue weighted by Crippen LogP contribution is -2.54. The van der Waals surface area contributed by atoms with Gasteiger partial charge >= 0.3 is 0 Å². The van der Waals surface area contributed by atoms with Gasteiger partial charge in [-0.1, -0.05) is 18.2 Å². The molecular weight excluding hydrogens is 831 g/mol. The summed E-state index contributed by atoms with van der Waals surface area (Å²) in [5.74, 6) is -0.484. The first kappa shape index (κ1) is 38.6. The van der Waals surface area contributed by atoms with Gasteiger partial charge in [-0.05, 0) is 121 Å². The molecule has 60 heavy (non-hydrogen) atoms. The third-order valence-corrected chi connectivity index (χ3v) is 13.4. The Kier molecular flexibility index (Phi) is 10.2. The smallest absolute Gasteiger partial charge is 0.263 e. The quantitative estimate of drug-likeness (QED) is 0.206. The fourth-order valence-corrected chi connectivity index (χ4v) is 10.4. The molecule has 1 N–H and O–H groups in total. The molecule has 5 aliphatic heterocycles. The molecule has 0 radical (unpaired) electrons. The summed E-state index contributed by atoms with van der Waals surface area (Å²) in [6.45, 7) is 6.94. The molecule has 4 saturated heterocycles. The van der Waals surface area contributed by atoms with Crippen molar-refractivity contribution in [3.8, 4) is 11.4 Å². The lowest BCUT2D eigenvalue weighted by atomic mass is 10.0. The van der Waals surface area contributed by atoms with Crippen molar-refractivity contribution in [2.24, 2.45) is 0 Å². The number of rotatable bonds is 8. The van der Waals surface area contributed by atoms with E-state index in [1.165, 1.54) is 6.07 Å². The van der Waals surface area contributed by atoms with Crippen molar-refractivity contribution in [2.75, 3.05) is 55.6 Å². The van der Waals surface area contributed by atoms with Crippen LogP contribution < -0.4 is 15.1 Å². The number of piperidine rings is 2. The molecule has 0 bridgehead atoms. The van der Waals surface area contributed by atoms with Gasteiger partial charge in [0, 0.05) is 56.2 Å². The Bertz CT molecular complexity index is 2530. The fraction of sp³-hybridized carbons (Fsp3) is 0.386. The number of fused-ring (bicyclic) bond motifs is 2. The largest absolute Gasteiger partial charge is 0.354 e. The van der Waals surface area contributed by atoms with E-state index in [1.54, 1.807) is 18.2 Å². The number of amides is 4. The van der Waals surface area contributed by atoms with Crippen molar-refractivity contribution < 1.29 is 23.6 Å². The molecule has 4 fully saturated rings. The van der Waals surface area contributed by atoms with Crippen LogP contribution in [-0.2, 0) is 16.1 Å². The van der Waals surface area contributed by atoms with Crippen LogP contribution in [0.5, 0.6) is 0 Å². The number of benzene rings is 2. The minimum absolute atomic E-state index is 0.0634. The van der Waals surface area contributed by atoms with E-state index in [2.05, 4.69) is 51.9 Å². The van der Waals surface area contributed by atoms with Crippen molar-refractivity contribution in [3.05, 3.63) is 105 Å². The van der Waals surface area contributed by atoms with Gasteiger partial charge < -0.3 is 9.80 Å². The standard InChI is InChI=1S/C44H44BrFN10O4/c45-32-23-27(22-31-41(32)44(60)55(43(31)59)35-9-12-40(57)49-42(35)58)26-51-16-13-30(14-17-51)52-18-20-53(21-19-52)38-8-2-6-33(48-38)36-25-47-37-10-11-39(50-56(36)37)54-15-3-7-34(54)28-4-1-5-29(46)24-28/h1-2,4-6,8,10-11,22-25,30,34-35H,3,7,9,12-21,26H2,(H,49,57,58)/t34-,35?/m1/s1. The number of halogens is 2. The molecule has 2 aromatic carbocycles. The molecule has 10 rings (SSSR count). The number of nitrogens with zero attached hydrogens (tertiary/aromatic N) is 9. The van der Waals surface area contributed by atoms with Crippen molar-refractivity contribution in [1.29, 1.82) is 0 Å². The van der Waals surface area contributed by atoms with E-state index in [1.807, 2.05) is 47.1 Å². The number of hydrogen-bond donors (Lipinski definition) is 1. The number of hydrogen-bond acceptors (Lipinski definition) is 11. The summed E-state index contributed by atoms with van der Waals surface area (Å²) in [4.78, 5) is 71.4. The Morgan fingerprint density at radius 3 is 2.42 bits per heavy atom. The van der Waals surface area contributed by atoms with Crippen LogP contribution in [0.25, 0.3) is 17.0 Å². The molecule has 5 aromatic rings. The maximum absolute atomic E-state index is 14.1. The summed E-state index contributed by atoms with van der Waals surface area (Å²) < 4.78 is 16.5. The lowest BCUT2D eigenvalue weighted by Gasteiger charge is -2.43. The number of imidazole rings is 1. The van der Waals surface area contributed by atoms with E-state index < -0.39 is 29.7 Å². The van der Waals surface area contributed by atoms with E-state index in [0.717, 1.165) is 116 Å². The lowest BCUT2D eigenvalue weighted by molar-refractivity contribution is -0.136. The number of likely N-dealkylation sites (tertiary alicyclic amines) is 1. The number of nitrogens with one attached hydrogen (secondary N) is 1. The van der Waals surface area contributed by atoms with Gasteiger partial charge in [0.15, 0.2) is 5.65 Å². The third-order valence-electron chi connectivity index (χ3n) is 12.8. The second kappa shape index (κ2) is 15.8. The molecule has 2 atom stereocenters. The maximum Gasteiger partial charge on any atom is 0.263 e. The first-order chi connectivity index (χ1) is 29.2. The monoisotopic (exact) mass is 874 g/mol. The van der Waals surface area contributed by atoms with Crippen LogP contribution in [0.4, 0.5) is 16.0 Å². The predicted molar refractivity (Wildman–Crippen MR) is 225 cm³/mol. The van der Waals surface area contributed by atoms with Crippen molar-refractivity contribution in [1.82, 2.24) is 39.6 Å². The van der Waals surface area contributed by atoms with Crippen LogP contribution in [0, 0.1) is 5.82 Å². The van der Waals surface area contributed by atoms with Gasteiger partial charge in [0.05, 0.1) is 29.1 Å². The number of pyridine rings is 1. The van der Waals surface area contributed by atoms with Crippen LogP contribution >= 0.6 is 15.9 Å². The minimum Gasteiger partial charge on any atom is -0.354 e. The van der Waals surface area contributed by atoms with Crippen LogP contribution in [0.1, 0.15) is 76.4 Å². The normalized spacial score (nSPS) is 22.0. The number of carbonyl (C=O) groups is 4. The molecule has 16 heteroatoms. The predicted octanol–water partition coefficient (Wildman–Crippen LogP) is 5.22. The molecule has 1 unspecified atom stereocenters. The summed E-state index contributed by atoms with van der Waals surface area (Å²) >= 11 is 3.53. The number of piperazine rings is 1. The molecular formula is C44H44BrFN10O4. The second-order valence-electron chi connectivity index (χ2n) is 16.4. The van der Waals surface area contributed by atoms with Crippen molar-refractivity contribution in [3.63, 3.8) is 0 Å². The molecule has 0 spiro atoms. The number of aromatic nitrogens is 4. The summed E-state index contributed by atoms with van der Waals surface area (Å²) in [5.41, 5.74) is 4.82. The second-order valence-corrected chi connectivity index (χ2v) is 17.2. The molecule has 5 aliphatic rings. The van der Waals surface area contributed by atoms with E-state index in [-0.39, 0.29) is 30.3 Å². The SMILES string of the molecule is O=C1CCC(N2C(=O)c3cc(CN4CCC(N5CCN(c6cccc(-c7cnc8ccc(N9CCC[C@@H]9c9cccc(F)c9)nn78)n6)CC5)CC4)cc(Br)c3C2=O)C(=O)N1. The van der Waals surface area contributed by atoms with E-state index in [4.69, 9.17) is 10.1 Å². The third kappa shape index (κ3) is 7.13. The van der Waals surface area contributed by atoms with Crippen LogP contribution in [0.3, 0.4) is 0 Å². The van der Waals surface area contributed by atoms with Crippen molar-refractivity contribution in [2.45, 2.75) is 63.2 Å². The first-order valence-electron chi connectivity index (χ1n) is 20.8. The molecule has 3 aromatic heterocycles. The zero-order valence-corrected chi connectivity index (χ0v) is 34.6. The van der Waals surface area contributed by atoms with Crippen LogP contribution in [0.15, 0.2) is 77.4 Å². The molecule has 8 heterocycles. The number of carbonyl (C=O) groups excluding carboxylic acids is 4. The molecule has 4 amide bonds. The van der Waals surface area contributed by atoms with Gasteiger partial charge in [-0.15, -0.1) is 5.10 Å². The molecule has 308 valence electrons. The van der Waals surface area contributed by atoms with Crippen LogP contribution in [0.2, 0.25) is 0 Å². The highest BCUT2D eigenvalue weighted by atomic mass is 79.9. The summed E-state index contributed by atoms with van der Waals surface area (Å²) in [6.07, 6.45) is 6.05. The van der Waals surface area contributed by atoms with Gasteiger partial charge in [-0.25, -0.2) is 18.9 Å². The maximum atomic E-state index is 14.1. The van der Waals surface area contributed by atoms with Gasteiger partial charge in [0.25, 0.3) is 11.8 Å². The fourth-order valence-electron chi connectivity index (χ4n) is 9.75. The Hall–Kier alpha value is -5.58. The minimum atomic E-state index is -0.993. The molecule has 14 nitrogen and oxygen atoms in total. The highest BCUT2D eigenvalue weighted by molar-refractivity contribution is 9.10. The highest BCUT2D eigenvalue weighted by Gasteiger charge is 2.46. The van der Waals surface area contributed by atoms with E-state index in [9.17, 15) is 23.6 Å². The van der Waals surface area contributed by atoms with Gasteiger partial charge in [0.2, 0.25) is 11.8 Å². The number of anilines is 2. The summed E-state index contributed by atoms with van der Waals surface area (Å²) in [6, 6.07) is 20.2. The Labute approximate surface area is 354 Å². The van der Waals surface area contributed by atoms with Gasteiger partial charge in [0.1, 0.15) is 29.2 Å². The number of imide groups is 2. The summed E-state index contributed by atoms with van der Waals surface area (Å²) in [7, 11) is 0. The Morgan fingerprint density at radius 2 is 1.62 bits per heavy atom. The van der Waals surface area contributed by atoms with Crippen molar-refractivity contribution >= 4 is 56.8 Å². The highest BCUT2D eigenvalue weighted by Crippen LogP contribution is 2.37. The Balaban J connectivity index is 0.754. The van der Waals surface area contributed by atoms with E-state index in [0.29, 0.717) is 22.6 Å². The zero-order valence-electron chi connectivity index (χ0n) is 33.0. The topological polar surface area (TPSA) is 140 Å². The summed E-state index contributed by atoms with van der Waals surface area (Å²) in [5, 5.41) is 7.30.